The zero-order valence-corrected chi connectivity index (χ0v) is 6.47. The molecule has 0 bridgehead atoms. The minimum atomic E-state index is -0.477. The van der Waals surface area contributed by atoms with Crippen molar-refractivity contribution >= 4 is 0 Å². The van der Waals surface area contributed by atoms with Crippen molar-refractivity contribution in [1.29, 1.82) is 5.26 Å². The van der Waals surface area contributed by atoms with Crippen LogP contribution in [0, 0.1) is 11.3 Å². The Labute approximate surface area is 66.1 Å². The van der Waals surface area contributed by atoms with E-state index in [0.29, 0.717) is 5.57 Å². The summed E-state index contributed by atoms with van der Waals surface area (Å²) >= 11 is 0. The number of alkyl halides is 1. The lowest BCUT2D eigenvalue weighted by Gasteiger charge is -1.87. The molecule has 0 spiro atoms. The highest BCUT2D eigenvalue weighted by Crippen LogP contribution is 1.98. The Bertz CT molecular complexity index is 230. The van der Waals surface area contributed by atoms with Crippen molar-refractivity contribution in [3.63, 3.8) is 0 Å². The number of nitriles is 1. The van der Waals surface area contributed by atoms with E-state index >= 15 is 0 Å². The van der Waals surface area contributed by atoms with E-state index in [4.69, 9.17) is 5.26 Å². The summed E-state index contributed by atoms with van der Waals surface area (Å²) in [7, 11) is 0. The minimum absolute atomic E-state index is 0.372. The molecule has 0 fully saturated rings. The van der Waals surface area contributed by atoms with Gasteiger partial charge in [0.05, 0.1) is 6.07 Å². The van der Waals surface area contributed by atoms with Crippen LogP contribution < -0.4 is 0 Å². The molecular weight excluding hydrogens is 141 g/mol. The van der Waals surface area contributed by atoms with E-state index in [-0.39, 0.29) is 0 Å². The van der Waals surface area contributed by atoms with Crippen LogP contribution in [0.3, 0.4) is 0 Å². The molecule has 58 valence electrons. The fourth-order valence-corrected chi connectivity index (χ4v) is 0.459. The Balaban J connectivity index is 4.05. The van der Waals surface area contributed by atoms with E-state index in [1.807, 2.05) is 6.07 Å². The largest absolute Gasteiger partial charge is 0.247 e. The molecule has 1 nitrogen and oxygen atoms in total. The standard InChI is InChI=1S/C9H10FN/c1-8(5-6-10)3-4-9(2)7-11/h3-5H,2,6H2,1H3/b4-3-,8-5-. The summed E-state index contributed by atoms with van der Waals surface area (Å²) < 4.78 is 11.7. The third-order valence-corrected chi connectivity index (χ3v) is 1.09. The molecule has 0 N–H and O–H groups in total. The molecule has 0 heterocycles. The second-order valence-electron chi connectivity index (χ2n) is 2.07. The fourth-order valence-electron chi connectivity index (χ4n) is 0.459. The lowest BCUT2D eigenvalue weighted by molar-refractivity contribution is 0.560. The third kappa shape index (κ3) is 5.10. The van der Waals surface area contributed by atoms with Gasteiger partial charge in [-0.05, 0) is 13.0 Å². The van der Waals surface area contributed by atoms with E-state index in [1.54, 1.807) is 19.1 Å². The second kappa shape index (κ2) is 5.43. The van der Waals surface area contributed by atoms with Gasteiger partial charge in [0, 0.05) is 5.57 Å². The number of hydrogen-bond acceptors (Lipinski definition) is 1. The Morgan fingerprint density at radius 2 is 2.27 bits per heavy atom. The first-order valence-corrected chi connectivity index (χ1v) is 3.20. The van der Waals surface area contributed by atoms with Crippen LogP contribution in [0.4, 0.5) is 4.39 Å². The zero-order chi connectivity index (χ0) is 8.69. The summed E-state index contributed by atoms with van der Waals surface area (Å²) in [5.41, 5.74) is 1.17. The van der Waals surface area contributed by atoms with Crippen molar-refractivity contribution < 1.29 is 4.39 Å². The van der Waals surface area contributed by atoms with Crippen LogP contribution in [0.15, 0.2) is 36.0 Å². The van der Waals surface area contributed by atoms with Gasteiger partial charge in [0.15, 0.2) is 0 Å². The van der Waals surface area contributed by atoms with Crippen LogP contribution in [0.25, 0.3) is 0 Å². The van der Waals surface area contributed by atoms with Gasteiger partial charge in [0.1, 0.15) is 6.67 Å². The Hall–Kier alpha value is -1.36. The maximum Gasteiger partial charge on any atom is 0.108 e. The van der Waals surface area contributed by atoms with Crippen molar-refractivity contribution in [3.8, 4) is 6.07 Å². The van der Waals surface area contributed by atoms with E-state index in [1.165, 1.54) is 6.08 Å². The smallest absolute Gasteiger partial charge is 0.108 e. The quantitative estimate of drug-likeness (QED) is 0.449. The number of nitrogens with zero attached hydrogens (tertiary/aromatic N) is 1. The predicted molar refractivity (Wildman–Crippen MR) is 43.6 cm³/mol. The molecule has 2 heteroatoms. The lowest BCUT2D eigenvalue weighted by Crippen LogP contribution is -1.72. The van der Waals surface area contributed by atoms with E-state index in [0.717, 1.165) is 5.57 Å². The van der Waals surface area contributed by atoms with Gasteiger partial charge in [-0.2, -0.15) is 5.26 Å². The number of hydrogen-bond donors (Lipinski definition) is 0. The third-order valence-electron chi connectivity index (χ3n) is 1.09. The first-order valence-electron chi connectivity index (χ1n) is 3.20. The van der Waals surface area contributed by atoms with Crippen LogP contribution >= 0.6 is 0 Å². The average molecular weight is 151 g/mol. The highest BCUT2D eigenvalue weighted by atomic mass is 19.1. The van der Waals surface area contributed by atoms with Gasteiger partial charge < -0.3 is 0 Å². The molecule has 0 saturated heterocycles. The molecule has 0 aliphatic heterocycles. The Kier molecular flexibility index (Phi) is 4.76. The van der Waals surface area contributed by atoms with Crippen LogP contribution in [0.1, 0.15) is 6.92 Å². The molecule has 0 radical (unpaired) electrons. The van der Waals surface area contributed by atoms with Crippen molar-refractivity contribution in [2.45, 2.75) is 6.92 Å². The Morgan fingerprint density at radius 1 is 1.64 bits per heavy atom. The molecule has 0 aromatic rings. The molecule has 0 saturated carbocycles. The lowest BCUT2D eigenvalue weighted by atomic mass is 10.2. The molecule has 11 heavy (non-hydrogen) atoms. The van der Waals surface area contributed by atoms with Gasteiger partial charge in [-0.3, -0.25) is 0 Å². The van der Waals surface area contributed by atoms with Crippen molar-refractivity contribution in [1.82, 2.24) is 0 Å². The summed E-state index contributed by atoms with van der Waals surface area (Å²) in [6, 6.07) is 1.86. The van der Waals surface area contributed by atoms with Crippen LogP contribution in [0.5, 0.6) is 0 Å². The normalized spacial score (nSPS) is 11.5. The molecule has 0 atom stereocenters. The molecule has 0 aromatic heterocycles. The molecular formula is C9H10FN. The van der Waals surface area contributed by atoms with Crippen molar-refractivity contribution in [2.24, 2.45) is 0 Å². The van der Waals surface area contributed by atoms with E-state index < -0.39 is 6.67 Å². The first kappa shape index (κ1) is 9.64. The van der Waals surface area contributed by atoms with Crippen molar-refractivity contribution in [3.05, 3.63) is 36.0 Å². The maximum absolute atomic E-state index is 11.7. The summed E-state index contributed by atoms with van der Waals surface area (Å²) in [5, 5.41) is 8.28. The average Bonchev–Trinajstić information content (AvgIpc) is 2.01. The highest BCUT2D eigenvalue weighted by molar-refractivity contribution is 5.33. The van der Waals surface area contributed by atoms with Gasteiger partial charge in [-0.1, -0.05) is 24.3 Å². The van der Waals surface area contributed by atoms with Crippen molar-refractivity contribution in [2.75, 3.05) is 6.67 Å². The van der Waals surface area contributed by atoms with Gasteiger partial charge in [0.25, 0.3) is 0 Å². The van der Waals surface area contributed by atoms with Gasteiger partial charge in [0.2, 0.25) is 0 Å². The molecule has 0 unspecified atom stereocenters. The number of halogens is 1. The van der Waals surface area contributed by atoms with Crippen LogP contribution in [-0.2, 0) is 0 Å². The molecule has 0 aliphatic rings. The van der Waals surface area contributed by atoms with Gasteiger partial charge >= 0.3 is 0 Å². The number of rotatable bonds is 3. The maximum atomic E-state index is 11.7. The predicted octanol–water partition coefficient (Wildman–Crippen LogP) is 2.54. The topological polar surface area (TPSA) is 23.8 Å². The summed E-state index contributed by atoms with van der Waals surface area (Å²) in [6.07, 6.45) is 4.65. The summed E-state index contributed by atoms with van der Waals surface area (Å²) in [5.74, 6) is 0. The molecule has 0 aliphatic carbocycles. The van der Waals surface area contributed by atoms with Crippen LogP contribution in [0.2, 0.25) is 0 Å². The minimum Gasteiger partial charge on any atom is -0.247 e. The zero-order valence-electron chi connectivity index (χ0n) is 6.47. The molecule has 0 amide bonds. The molecule has 0 rings (SSSR count). The number of allylic oxidation sites excluding steroid dienone is 5. The summed E-state index contributed by atoms with van der Waals surface area (Å²) in [6.45, 7) is 4.72. The second-order valence-corrected chi connectivity index (χ2v) is 2.07. The first-order chi connectivity index (χ1) is 5.20. The van der Waals surface area contributed by atoms with E-state index in [9.17, 15) is 4.39 Å². The SMILES string of the molecule is C=C(C#N)/C=C\C(C)=C/CF. The van der Waals surface area contributed by atoms with Crippen LogP contribution in [-0.4, -0.2) is 6.67 Å². The summed E-state index contributed by atoms with van der Waals surface area (Å²) in [4.78, 5) is 0. The Morgan fingerprint density at radius 3 is 2.73 bits per heavy atom. The monoisotopic (exact) mass is 151 g/mol. The van der Waals surface area contributed by atoms with Gasteiger partial charge in [-0.15, -0.1) is 0 Å². The highest BCUT2D eigenvalue weighted by Gasteiger charge is 1.82. The molecule has 0 aromatic carbocycles. The van der Waals surface area contributed by atoms with E-state index in [2.05, 4.69) is 6.58 Å². The van der Waals surface area contributed by atoms with Gasteiger partial charge in [-0.25, -0.2) is 4.39 Å². The fraction of sp³-hybridized carbons (Fsp3) is 0.222.